The van der Waals surface area contributed by atoms with E-state index in [9.17, 15) is 9.90 Å². The zero-order valence-corrected chi connectivity index (χ0v) is 18.0. The molecular weight excluding hydrogens is 368 g/mol. The van der Waals surface area contributed by atoms with Crippen LogP contribution in [0.5, 0.6) is 0 Å². The minimum absolute atomic E-state index is 0.0387. The molecule has 0 saturated carbocycles. The molecule has 1 aromatic carbocycles. The second kappa shape index (κ2) is 7.72. The Balaban J connectivity index is 2.00. The molecule has 0 aliphatic heterocycles. The van der Waals surface area contributed by atoms with Crippen LogP contribution in [-0.4, -0.2) is 43.4 Å². The normalized spacial score (nSPS) is 12.8. The maximum Gasteiger partial charge on any atom is 0.257 e. The van der Waals surface area contributed by atoms with Crippen molar-refractivity contribution in [2.45, 2.75) is 59.3 Å². The second-order valence-electron chi connectivity index (χ2n) is 9.03. The lowest BCUT2D eigenvalue weighted by Gasteiger charge is -2.28. The van der Waals surface area contributed by atoms with Crippen molar-refractivity contribution in [1.29, 1.82) is 0 Å². The van der Waals surface area contributed by atoms with Crippen LogP contribution in [-0.2, 0) is 16.1 Å². The van der Waals surface area contributed by atoms with Crippen molar-refractivity contribution in [3.63, 3.8) is 0 Å². The van der Waals surface area contributed by atoms with E-state index in [1.165, 1.54) is 0 Å². The summed E-state index contributed by atoms with van der Waals surface area (Å²) in [5, 5.41) is 13.8. The fraction of sp³-hybridized carbons (Fsp3) is 0.500. The molecule has 0 radical (unpaired) electrons. The van der Waals surface area contributed by atoms with E-state index in [0.29, 0.717) is 17.3 Å². The minimum Gasteiger partial charge on any atom is -0.388 e. The average molecular weight is 399 g/mol. The molecule has 0 aliphatic carbocycles. The molecule has 0 unspecified atom stereocenters. The van der Waals surface area contributed by atoms with Gasteiger partial charge in [0.15, 0.2) is 5.82 Å². The first-order valence-corrected chi connectivity index (χ1v) is 9.89. The third-order valence-corrected chi connectivity index (χ3v) is 4.58. The van der Waals surface area contributed by atoms with Gasteiger partial charge in [-0.25, -0.2) is 9.97 Å². The Kier molecular flexibility index (Phi) is 5.65. The quantitative estimate of drug-likeness (QED) is 0.633. The summed E-state index contributed by atoms with van der Waals surface area (Å²) < 4.78 is 7.78. The van der Waals surface area contributed by atoms with Crippen LogP contribution < -0.4 is 5.32 Å². The number of nitrogens with zero attached hydrogens (tertiary/aromatic N) is 3. The van der Waals surface area contributed by atoms with Crippen molar-refractivity contribution in [2.24, 2.45) is 5.92 Å². The van der Waals surface area contributed by atoms with Crippen molar-refractivity contribution in [2.75, 3.05) is 11.9 Å². The van der Waals surface area contributed by atoms with Crippen LogP contribution in [0.25, 0.3) is 21.9 Å². The number of anilines is 1. The van der Waals surface area contributed by atoms with Gasteiger partial charge in [-0.2, -0.15) is 0 Å². The van der Waals surface area contributed by atoms with Gasteiger partial charge in [0.1, 0.15) is 11.1 Å². The van der Waals surface area contributed by atoms with Crippen LogP contribution in [0.4, 0.5) is 5.82 Å². The summed E-state index contributed by atoms with van der Waals surface area (Å²) in [6.45, 7) is 11.8. The highest BCUT2D eigenvalue weighted by Gasteiger charge is 2.32. The Morgan fingerprint density at radius 1 is 1.24 bits per heavy atom. The monoisotopic (exact) mass is 398 g/mol. The average Bonchev–Trinajstić information content (AvgIpc) is 3.03. The predicted molar refractivity (Wildman–Crippen MR) is 115 cm³/mol. The highest BCUT2D eigenvalue weighted by atomic mass is 16.5. The van der Waals surface area contributed by atoms with Crippen LogP contribution in [0.3, 0.4) is 0 Å². The van der Waals surface area contributed by atoms with Crippen LogP contribution >= 0.6 is 0 Å². The number of carbonyl (C=O) groups is 1. The highest BCUT2D eigenvalue weighted by molar-refractivity contribution is 6.10. The Bertz CT molecular complexity index is 1030. The molecular formula is C22H30N4O3. The Morgan fingerprint density at radius 2 is 1.93 bits per heavy atom. The van der Waals surface area contributed by atoms with Gasteiger partial charge in [-0.15, -0.1) is 0 Å². The number of ether oxygens (including phenoxy) is 1. The number of para-hydroxylation sites is 1. The predicted octanol–water partition coefficient (Wildman–Crippen LogP) is 3.75. The van der Waals surface area contributed by atoms with E-state index in [0.717, 1.165) is 23.0 Å². The van der Waals surface area contributed by atoms with Gasteiger partial charge in [-0.05, 0) is 39.7 Å². The molecule has 3 aromatic rings. The number of imidazole rings is 1. The first kappa shape index (κ1) is 21.2. The molecule has 0 bridgehead atoms. The van der Waals surface area contributed by atoms with Gasteiger partial charge in [0, 0.05) is 11.9 Å². The van der Waals surface area contributed by atoms with Gasteiger partial charge in [0.25, 0.3) is 5.91 Å². The molecule has 0 fully saturated rings. The number of amides is 1. The van der Waals surface area contributed by atoms with Crippen molar-refractivity contribution in [1.82, 2.24) is 14.5 Å². The zero-order valence-electron chi connectivity index (χ0n) is 18.0. The fourth-order valence-corrected chi connectivity index (χ4v) is 3.08. The Morgan fingerprint density at radius 3 is 2.59 bits per heavy atom. The standard InChI is InChI=1S/C22H30N4O3/c1-14(2)11-26-13-23-17-18(26)15-9-7-8-10-16(15)24-19(17)25-20(27)22(5,6)29-12-21(3,4)28/h7-10,13-14,28H,11-12H2,1-6H3,(H,24,25,27). The van der Waals surface area contributed by atoms with E-state index in [-0.39, 0.29) is 12.5 Å². The summed E-state index contributed by atoms with van der Waals surface area (Å²) >= 11 is 0. The third kappa shape index (κ3) is 4.74. The largest absolute Gasteiger partial charge is 0.388 e. The molecule has 0 aliphatic rings. The number of aromatic nitrogens is 3. The van der Waals surface area contributed by atoms with Crippen molar-refractivity contribution < 1.29 is 14.6 Å². The van der Waals surface area contributed by atoms with E-state index in [1.54, 1.807) is 34.0 Å². The highest BCUT2D eigenvalue weighted by Crippen LogP contribution is 2.30. The molecule has 3 rings (SSSR count). The lowest BCUT2D eigenvalue weighted by atomic mass is 10.1. The fourth-order valence-electron chi connectivity index (χ4n) is 3.08. The number of aliphatic hydroxyl groups is 1. The van der Waals surface area contributed by atoms with Gasteiger partial charge >= 0.3 is 0 Å². The summed E-state index contributed by atoms with van der Waals surface area (Å²) in [7, 11) is 0. The molecule has 2 N–H and O–H groups in total. The molecule has 7 heteroatoms. The minimum atomic E-state index is -1.14. The first-order chi connectivity index (χ1) is 13.5. The summed E-state index contributed by atoms with van der Waals surface area (Å²) in [4.78, 5) is 22.1. The molecule has 0 atom stereocenters. The molecule has 156 valence electrons. The van der Waals surface area contributed by atoms with Gasteiger partial charge in [0.05, 0.1) is 29.6 Å². The maximum atomic E-state index is 12.9. The van der Waals surface area contributed by atoms with Gasteiger partial charge < -0.3 is 19.7 Å². The maximum absolute atomic E-state index is 12.9. The van der Waals surface area contributed by atoms with Gasteiger partial charge in [0.2, 0.25) is 0 Å². The number of carbonyl (C=O) groups excluding carboxylic acids is 1. The Labute approximate surface area is 171 Å². The van der Waals surface area contributed by atoms with Gasteiger partial charge in [-0.1, -0.05) is 32.0 Å². The number of benzene rings is 1. The lowest BCUT2D eigenvalue weighted by Crippen LogP contribution is -2.43. The first-order valence-electron chi connectivity index (χ1n) is 9.89. The van der Waals surface area contributed by atoms with Crippen LogP contribution in [0.1, 0.15) is 41.5 Å². The van der Waals surface area contributed by atoms with E-state index in [2.05, 4.69) is 33.7 Å². The third-order valence-electron chi connectivity index (χ3n) is 4.58. The molecule has 2 aromatic heterocycles. The van der Waals surface area contributed by atoms with E-state index in [4.69, 9.17) is 4.74 Å². The van der Waals surface area contributed by atoms with Crippen LogP contribution in [0.2, 0.25) is 0 Å². The number of fused-ring (bicyclic) bond motifs is 3. The van der Waals surface area contributed by atoms with E-state index in [1.807, 2.05) is 24.3 Å². The summed E-state index contributed by atoms with van der Waals surface area (Å²) in [5.41, 5.74) is 0.226. The van der Waals surface area contributed by atoms with Crippen LogP contribution in [0, 0.1) is 5.92 Å². The van der Waals surface area contributed by atoms with E-state index < -0.39 is 11.2 Å². The Hall–Kier alpha value is -2.51. The van der Waals surface area contributed by atoms with Crippen molar-refractivity contribution in [3.05, 3.63) is 30.6 Å². The number of hydrogen-bond acceptors (Lipinski definition) is 5. The number of rotatable bonds is 7. The number of nitrogens with one attached hydrogen (secondary N) is 1. The molecule has 0 spiro atoms. The second-order valence-corrected chi connectivity index (χ2v) is 9.03. The van der Waals surface area contributed by atoms with Gasteiger partial charge in [-0.3, -0.25) is 4.79 Å². The van der Waals surface area contributed by atoms with Crippen molar-refractivity contribution >= 4 is 33.7 Å². The number of hydrogen-bond donors (Lipinski definition) is 2. The summed E-state index contributed by atoms with van der Waals surface area (Å²) in [5.74, 6) is 0.516. The summed E-state index contributed by atoms with van der Waals surface area (Å²) in [6.07, 6.45) is 1.80. The smallest absolute Gasteiger partial charge is 0.257 e. The van der Waals surface area contributed by atoms with Crippen LogP contribution in [0.15, 0.2) is 30.6 Å². The molecule has 29 heavy (non-hydrogen) atoms. The molecule has 0 saturated heterocycles. The lowest BCUT2D eigenvalue weighted by molar-refractivity contribution is -0.144. The topological polar surface area (TPSA) is 89.3 Å². The zero-order chi connectivity index (χ0) is 21.4. The SMILES string of the molecule is CC(C)Cn1cnc2c(NC(=O)C(C)(C)OCC(C)(C)O)nc3ccccc3c21. The molecule has 2 heterocycles. The summed E-state index contributed by atoms with van der Waals surface area (Å²) in [6, 6.07) is 7.84. The van der Waals surface area contributed by atoms with Crippen molar-refractivity contribution in [3.8, 4) is 0 Å². The molecule has 1 amide bonds. The number of pyridine rings is 1. The van der Waals surface area contributed by atoms with E-state index >= 15 is 0 Å². The molecule has 7 nitrogen and oxygen atoms in total.